The Morgan fingerprint density at radius 2 is 2.00 bits per heavy atom. The smallest absolute Gasteiger partial charge is 0.190 e. The number of aromatic nitrogens is 3. The maximum atomic E-state index is 4.47. The van der Waals surface area contributed by atoms with Gasteiger partial charge in [0.2, 0.25) is 0 Å². The molecular formula is C17H27IN6. The molecule has 0 saturated carbocycles. The van der Waals surface area contributed by atoms with Crippen LogP contribution in [0.5, 0.6) is 0 Å². The number of aryl methyl sites for hydroxylation is 3. The third kappa shape index (κ3) is 6.86. The number of rotatable bonds is 7. The predicted molar refractivity (Wildman–Crippen MR) is 109 cm³/mol. The molecule has 0 fully saturated rings. The van der Waals surface area contributed by atoms with Crippen LogP contribution in [0.3, 0.4) is 0 Å². The summed E-state index contributed by atoms with van der Waals surface area (Å²) in [6.07, 6.45) is 3.71. The van der Waals surface area contributed by atoms with Gasteiger partial charge in [0.1, 0.15) is 0 Å². The zero-order chi connectivity index (χ0) is 16.5. The number of hydrogen-bond donors (Lipinski definition) is 2. The van der Waals surface area contributed by atoms with Crippen molar-refractivity contribution in [3.05, 3.63) is 47.5 Å². The van der Waals surface area contributed by atoms with Crippen molar-refractivity contribution in [2.45, 2.75) is 33.2 Å². The molecule has 24 heavy (non-hydrogen) atoms. The van der Waals surface area contributed by atoms with Crippen molar-refractivity contribution in [2.75, 3.05) is 20.1 Å². The van der Waals surface area contributed by atoms with Gasteiger partial charge in [-0.3, -0.25) is 14.7 Å². The van der Waals surface area contributed by atoms with Gasteiger partial charge in [0.05, 0.1) is 5.69 Å². The van der Waals surface area contributed by atoms with E-state index in [2.05, 4.69) is 38.7 Å². The normalized spacial score (nSPS) is 11.0. The van der Waals surface area contributed by atoms with Gasteiger partial charge in [-0.1, -0.05) is 6.07 Å². The average molecular weight is 442 g/mol. The summed E-state index contributed by atoms with van der Waals surface area (Å²) in [5.41, 5.74) is 3.36. The third-order valence-corrected chi connectivity index (χ3v) is 3.57. The van der Waals surface area contributed by atoms with Gasteiger partial charge in [-0.05, 0) is 38.5 Å². The highest BCUT2D eigenvalue weighted by molar-refractivity contribution is 14.0. The average Bonchev–Trinajstić information content (AvgIpc) is 2.88. The van der Waals surface area contributed by atoms with Crippen molar-refractivity contribution in [1.82, 2.24) is 25.4 Å². The van der Waals surface area contributed by atoms with Crippen LogP contribution >= 0.6 is 24.0 Å². The second-order valence-corrected chi connectivity index (χ2v) is 5.50. The lowest BCUT2D eigenvalue weighted by Crippen LogP contribution is -2.39. The number of hydrogen-bond acceptors (Lipinski definition) is 3. The molecule has 0 amide bonds. The maximum absolute atomic E-state index is 4.47. The van der Waals surface area contributed by atoms with Crippen molar-refractivity contribution in [3.8, 4) is 0 Å². The van der Waals surface area contributed by atoms with E-state index in [-0.39, 0.29) is 24.0 Å². The van der Waals surface area contributed by atoms with Crippen LogP contribution in [0.2, 0.25) is 0 Å². The molecule has 0 aliphatic rings. The second kappa shape index (κ2) is 11.0. The Kier molecular flexibility index (Phi) is 9.36. The summed E-state index contributed by atoms with van der Waals surface area (Å²) in [5.74, 6) is 0.828. The molecule has 2 aromatic rings. The van der Waals surface area contributed by atoms with Crippen molar-refractivity contribution in [1.29, 1.82) is 0 Å². The zero-order valence-corrected chi connectivity index (χ0v) is 16.9. The van der Waals surface area contributed by atoms with E-state index in [1.807, 2.05) is 36.0 Å². The Hall–Kier alpha value is -1.64. The van der Waals surface area contributed by atoms with Gasteiger partial charge in [0.25, 0.3) is 0 Å². The first kappa shape index (κ1) is 20.4. The van der Waals surface area contributed by atoms with Gasteiger partial charge in [0, 0.05) is 50.7 Å². The van der Waals surface area contributed by atoms with Crippen LogP contribution in [0, 0.1) is 13.8 Å². The molecule has 0 spiro atoms. The minimum Gasteiger partial charge on any atom is -0.356 e. The highest BCUT2D eigenvalue weighted by atomic mass is 127. The largest absolute Gasteiger partial charge is 0.356 e. The summed E-state index contributed by atoms with van der Waals surface area (Å²) >= 11 is 0. The van der Waals surface area contributed by atoms with Crippen LogP contribution in [0.4, 0.5) is 0 Å². The summed E-state index contributed by atoms with van der Waals surface area (Å²) < 4.78 is 2.05. The molecule has 6 nitrogen and oxygen atoms in total. The van der Waals surface area contributed by atoms with E-state index >= 15 is 0 Å². The molecule has 0 atom stereocenters. The quantitative estimate of drug-likeness (QED) is 0.299. The summed E-state index contributed by atoms with van der Waals surface area (Å²) in [6, 6.07) is 8.08. The highest BCUT2D eigenvalue weighted by Gasteiger charge is 2.01. The second-order valence-electron chi connectivity index (χ2n) is 5.50. The minimum atomic E-state index is 0. The molecule has 2 heterocycles. The van der Waals surface area contributed by atoms with Crippen molar-refractivity contribution >= 4 is 29.9 Å². The molecule has 2 N–H and O–H groups in total. The molecule has 2 rings (SSSR count). The summed E-state index contributed by atoms with van der Waals surface area (Å²) in [7, 11) is 1.79. The Morgan fingerprint density at radius 3 is 2.62 bits per heavy atom. The molecule has 0 aromatic carbocycles. The number of nitrogens with zero attached hydrogens (tertiary/aromatic N) is 4. The minimum absolute atomic E-state index is 0. The van der Waals surface area contributed by atoms with Gasteiger partial charge in [-0.2, -0.15) is 5.10 Å². The predicted octanol–water partition coefficient (Wildman–Crippen LogP) is 2.31. The van der Waals surface area contributed by atoms with Gasteiger partial charge in [0.15, 0.2) is 5.96 Å². The lowest BCUT2D eigenvalue weighted by atomic mass is 10.3. The highest BCUT2D eigenvalue weighted by Crippen LogP contribution is 2.02. The molecule has 2 aromatic heterocycles. The van der Waals surface area contributed by atoms with E-state index in [9.17, 15) is 0 Å². The lowest BCUT2D eigenvalue weighted by molar-refractivity contribution is 0.555. The van der Waals surface area contributed by atoms with Crippen LogP contribution in [-0.2, 0) is 13.0 Å². The maximum Gasteiger partial charge on any atom is 0.190 e. The Morgan fingerprint density at radius 1 is 1.21 bits per heavy atom. The first-order valence-corrected chi connectivity index (χ1v) is 8.04. The summed E-state index contributed by atoms with van der Waals surface area (Å²) in [4.78, 5) is 8.55. The Bertz CT molecular complexity index is 623. The van der Waals surface area contributed by atoms with E-state index in [1.165, 1.54) is 5.69 Å². The molecule has 0 unspecified atom stereocenters. The van der Waals surface area contributed by atoms with Crippen molar-refractivity contribution in [3.63, 3.8) is 0 Å². The first-order valence-electron chi connectivity index (χ1n) is 8.04. The van der Waals surface area contributed by atoms with Crippen molar-refractivity contribution < 1.29 is 0 Å². The SMILES string of the molecule is CN=C(NCCCn1nc(C)cc1C)NCCc1ccccn1.I. The van der Waals surface area contributed by atoms with Crippen molar-refractivity contribution in [2.24, 2.45) is 4.99 Å². The first-order chi connectivity index (χ1) is 11.2. The molecule has 0 aliphatic carbocycles. The number of nitrogens with one attached hydrogen (secondary N) is 2. The Balaban J connectivity index is 0.00000288. The van der Waals surface area contributed by atoms with Gasteiger partial charge in [-0.15, -0.1) is 24.0 Å². The molecule has 132 valence electrons. The fourth-order valence-corrected chi connectivity index (χ4v) is 2.41. The molecular weight excluding hydrogens is 415 g/mol. The van der Waals surface area contributed by atoms with Crippen LogP contribution in [-0.4, -0.2) is 40.9 Å². The number of aliphatic imine (C=N–C) groups is 1. The van der Waals surface area contributed by atoms with Crippen LogP contribution in [0.15, 0.2) is 35.5 Å². The summed E-state index contributed by atoms with van der Waals surface area (Å²) in [5, 5.41) is 11.1. The van der Waals surface area contributed by atoms with Crippen LogP contribution in [0.1, 0.15) is 23.5 Å². The standard InChI is InChI=1S/C17H26N6.HI/c1-14-13-15(2)23(22-14)12-6-10-20-17(18-3)21-11-8-16-7-4-5-9-19-16;/h4-5,7,9,13H,6,8,10-12H2,1-3H3,(H2,18,20,21);1H. The number of pyridine rings is 1. The topological polar surface area (TPSA) is 67.1 Å². The van der Waals surface area contributed by atoms with E-state index in [0.29, 0.717) is 0 Å². The van der Waals surface area contributed by atoms with E-state index in [0.717, 1.165) is 49.8 Å². The number of guanidine groups is 1. The fraction of sp³-hybridized carbons (Fsp3) is 0.471. The Labute approximate surface area is 161 Å². The van der Waals surface area contributed by atoms with E-state index in [4.69, 9.17) is 0 Å². The molecule has 0 saturated heterocycles. The monoisotopic (exact) mass is 442 g/mol. The van der Waals surface area contributed by atoms with E-state index in [1.54, 1.807) is 7.05 Å². The van der Waals surface area contributed by atoms with Crippen LogP contribution in [0.25, 0.3) is 0 Å². The van der Waals surface area contributed by atoms with Gasteiger partial charge in [-0.25, -0.2) is 0 Å². The lowest BCUT2D eigenvalue weighted by Gasteiger charge is -2.12. The molecule has 7 heteroatoms. The zero-order valence-electron chi connectivity index (χ0n) is 14.6. The molecule has 0 bridgehead atoms. The summed E-state index contributed by atoms with van der Waals surface area (Å²) in [6.45, 7) is 6.70. The van der Waals surface area contributed by atoms with Gasteiger partial charge < -0.3 is 10.6 Å². The molecule has 0 radical (unpaired) electrons. The fourth-order valence-electron chi connectivity index (χ4n) is 2.41. The van der Waals surface area contributed by atoms with E-state index < -0.39 is 0 Å². The van der Waals surface area contributed by atoms with Crippen LogP contribution < -0.4 is 10.6 Å². The van der Waals surface area contributed by atoms with Gasteiger partial charge >= 0.3 is 0 Å². The third-order valence-electron chi connectivity index (χ3n) is 3.57. The molecule has 0 aliphatic heterocycles. The number of halogens is 1.